The number of nitrogens with one attached hydrogen (secondary N) is 2. The SMILES string of the molecule is C#CN(C(=O)C(CS)NC(=O)OC(C)(C)C)C(C(=O)NC1CCCCC1)c1cccc(C=C)c1. The van der Waals surface area contributed by atoms with E-state index in [1.165, 1.54) is 0 Å². The van der Waals surface area contributed by atoms with Crippen molar-refractivity contribution in [2.45, 2.75) is 76.6 Å². The van der Waals surface area contributed by atoms with Crippen LogP contribution in [0, 0.1) is 12.5 Å². The van der Waals surface area contributed by atoms with Gasteiger partial charge in [0, 0.05) is 17.8 Å². The van der Waals surface area contributed by atoms with Gasteiger partial charge in [-0.15, -0.1) is 0 Å². The number of benzene rings is 1. The van der Waals surface area contributed by atoms with Crippen LogP contribution in [0.2, 0.25) is 0 Å². The molecule has 1 aromatic carbocycles. The van der Waals surface area contributed by atoms with Gasteiger partial charge in [0.2, 0.25) is 5.91 Å². The molecule has 3 amide bonds. The molecule has 1 aliphatic carbocycles. The van der Waals surface area contributed by atoms with Crippen molar-refractivity contribution in [3.63, 3.8) is 0 Å². The van der Waals surface area contributed by atoms with Crippen molar-refractivity contribution >= 4 is 36.6 Å². The summed E-state index contributed by atoms with van der Waals surface area (Å²) in [6.07, 6.45) is 11.6. The van der Waals surface area contributed by atoms with E-state index in [1.807, 2.05) is 6.07 Å². The third-order valence-electron chi connectivity index (χ3n) is 5.47. The molecule has 2 rings (SSSR count). The Balaban J connectivity index is 2.35. The van der Waals surface area contributed by atoms with E-state index < -0.39 is 29.7 Å². The number of nitrogens with zero attached hydrogens (tertiary/aromatic N) is 1. The predicted molar refractivity (Wildman–Crippen MR) is 137 cm³/mol. The van der Waals surface area contributed by atoms with Crippen molar-refractivity contribution in [1.29, 1.82) is 0 Å². The van der Waals surface area contributed by atoms with Gasteiger partial charge in [-0.05, 0) is 50.8 Å². The number of thiol groups is 1. The minimum Gasteiger partial charge on any atom is -0.444 e. The number of ether oxygens (including phenoxy) is 1. The molecule has 2 atom stereocenters. The molecular weight excluding hydrogens is 450 g/mol. The first-order valence-corrected chi connectivity index (χ1v) is 12.1. The zero-order valence-corrected chi connectivity index (χ0v) is 21.1. The van der Waals surface area contributed by atoms with Crippen molar-refractivity contribution in [1.82, 2.24) is 15.5 Å². The van der Waals surface area contributed by atoms with Crippen LogP contribution in [0.4, 0.5) is 4.79 Å². The molecule has 0 bridgehead atoms. The van der Waals surface area contributed by atoms with Crippen molar-refractivity contribution in [3.8, 4) is 12.5 Å². The van der Waals surface area contributed by atoms with E-state index in [0.29, 0.717) is 5.56 Å². The highest BCUT2D eigenvalue weighted by Crippen LogP contribution is 2.25. The van der Waals surface area contributed by atoms with Gasteiger partial charge in [-0.3, -0.25) is 14.5 Å². The van der Waals surface area contributed by atoms with Gasteiger partial charge in [-0.2, -0.15) is 12.6 Å². The molecule has 34 heavy (non-hydrogen) atoms. The quantitative estimate of drug-likeness (QED) is 0.294. The molecule has 0 aromatic heterocycles. The third-order valence-corrected chi connectivity index (χ3v) is 5.83. The maximum Gasteiger partial charge on any atom is 0.408 e. The smallest absolute Gasteiger partial charge is 0.408 e. The first-order valence-electron chi connectivity index (χ1n) is 11.5. The summed E-state index contributed by atoms with van der Waals surface area (Å²) in [5.41, 5.74) is 0.593. The molecule has 0 radical (unpaired) electrons. The Bertz CT molecular complexity index is 929. The Hall–Kier alpha value is -2.92. The highest BCUT2D eigenvalue weighted by Gasteiger charge is 2.36. The van der Waals surface area contributed by atoms with E-state index in [-0.39, 0.29) is 17.7 Å². The average molecular weight is 486 g/mol. The van der Waals surface area contributed by atoms with Crippen molar-refractivity contribution in [2.75, 3.05) is 5.75 Å². The van der Waals surface area contributed by atoms with Crippen molar-refractivity contribution in [3.05, 3.63) is 42.0 Å². The molecule has 1 aromatic rings. The summed E-state index contributed by atoms with van der Waals surface area (Å²) in [5.74, 6) is -1.02. The number of rotatable bonds is 8. The average Bonchev–Trinajstić information content (AvgIpc) is 2.79. The standard InChI is InChI=1S/C26H35N3O4S/c1-6-18-12-11-13-19(16-18)22(23(30)27-20-14-9-8-10-15-20)29(7-2)24(31)21(17-34)28-25(32)33-26(3,4)5/h2,6,11-13,16,20-22,34H,1,8-10,14-15,17H2,3-5H3,(H,27,30)(H,28,32). The lowest BCUT2D eigenvalue weighted by atomic mass is 9.94. The molecule has 0 spiro atoms. The van der Waals surface area contributed by atoms with E-state index in [4.69, 9.17) is 11.2 Å². The lowest BCUT2D eigenvalue weighted by molar-refractivity contribution is -0.138. The molecule has 184 valence electrons. The first kappa shape index (κ1) is 27.3. The number of carbonyl (C=O) groups is 3. The van der Waals surface area contributed by atoms with E-state index >= 15 is 0 Å². The predicted octanol–water partition coefficient (Wildman–Crippen LogP) is 4.06. The van der Waals surface area contributed by atoms with Crippen LogP contribution in [-0.4, -0.2) is 46.2 Å². The Morgan fingerprint density at radius 1 is 1.29 bits per heavy atom. The largest absolute Gasteiger partial charge is 0.444 e. The van der Waals surface area contributed by atoms with E-state index in [9.17, 15) is 14.4 Å². The lowest BCUT2D eigenvalue weighted by Gasteiger charge is -2.32. The summed E-state index contributed by atoms with van der Waals surface area (Å²) in [6, 6.07) is 7.36. The van der Waals surface area contributed by atoms with Crippen molar-refractivity contribution < 1.29 is 19.1 Å². The minimum absolute atomic E-state index is 0.0279. The normalized spacial score (nSPS) is 15.9. The van der Waals surface area contributed by atoms with Gasteiger partial charge < -0.3 is 15.4 Å². The van der Waals surface area contributed by atoms with Gasteiger partial charge in [-0.25, -0.2) is 4.79 Å². The van der Waals surface area contributed by atoms with Crippen LogP contribution in [0.3, 0.4) is 0 Å². The van der Waals surface area contributed by atoms with Crippen LogP contribution in [0.25, 0.3) is 6.08 Å². The maximum absolute atomic E-state index is 13.5. The van der Waals surface area contributed by atoms with Crippen LogP contribution in [0.15, 0.2) is 30.8 Å². The molecule has 0 heterocycles. The van der Waals surface area contributed by atoms with Crippen LogP contribution < -0.4 is 10.6 Å². The molecule has 0 saturated heterocycles. The molecule has 1 saturated carbocycles. The van der Waals surface area contributed by atoms with Gasteiger partial charge >= 0.3 is 6.09 Å². The Morgan fingerprint density at radius 2 is 1.97 bits per heavy atom. The second kappa shape index (κ2) is 12.5. The Labute approximate surface area is 208 Å². The summed E-state index contributed by atoms with van der Waals surface area (Å²) >= 11 is 4.22. The summed E-state index contributed by atoms with van der Waals surface area (Å²) < 4.78 is 5.26. The van der Waals surface area contributed by atoms with E-state index in [0.717, 1.165) is 42.6 Å². The zero-order valence-electron chi connectivity index (χ0n) is 20.2. The Kier molecular flexibility index (Phi) is 10.1. The number of hydrogen-bond acceptors (Lipinski definition) is 5. The monoisotopic (exact) mass is 485 g/mol. The number of carbonyl (C=O) groups excluding carboxylic acids is 3. The molecule has 8 heteroatoms. The van der Waals surface area contributed by atoms with Crippen LogP contribution in [0.1, 0.15) is 70.0 Å². The highest BCUT2D eigenvalue weighted by atomic mass is 32.1. The summed E-state index contributed by atoms with van der Waals surface area (Å²) in [5, 5.41) is 5.58. The van der Waals surface area contributed by atoms with Gasteiger partial charge in [0.1, 0.15) is 17.7 Å². The fraction of sp³-hybridized carbons (Fsp3) is 0.500. The molecule has 7 nitrogen and oxygen atoms in total. The van der Waals surface area contributed by atoms with Crippen molar-refractivity contribution in [2.24, 2.45) is 0 Å². The highest BCUT2D eigenvalue weighted by molar-refractivity contribution is 7.80. The minimum atomic E-state index is -1.08. The van der Waals surface area contributed by atoms with Gasteiger partial charge in [-0.1, -0.05) is 56.5 Å². The molecule has 2 unspecified atom stereocenters. The molecular formula is C26H35N3O4S. The summed E-state index contributed by atoms with van der Waals surface area (Å²) in [7, 11) is 0. The summed E-state index contributed by atoms with van der Waals surface area (Å²) in [4.78, 5) is 40.2. The van der Waals surface area contributed by atoms with Crippen LogP contribution in [-0.2, 0) is 14.3 Å². The fourth-order valence-corrected chi connectivity index (χ4v) is 4.12. The molecule has 1 aliphatic rings. The lowest BCUT2D eigenvalue weighted by Crippen LogP contribution is -2.53. The topological polar surface area (TPSA) is 87.7 Å². The number of terminal acetylenes is 1. The summed E-state index contributed by atoms with van der Waals surface area (Å²) in [6.45, 7) is 8.94. The van der Waals surface area contributed by atoms with Gasteiger partial charge in [0.05, 0.1) is 0 Å². The molecule has 0 aliphatic heterocycles. The van der Waals surface area contributed by atoms with Crippen LogP contribution in [0.5, 0.6) is 0 Å². The van der Waals surface area contributed by atoms with Gasteiger partial charge in [0.25, 0.3) is 5.91 Å². The van der Waals surface area contributed by atoms with E-state index in [2.05, 4.69) is 35.9 Å². The number of amides is 3. The Morgan fingerprint density at radius 3 is 2.53 bits per heavy atom. The number of hydrogen-bond donors (Lipinski definition) is 3. The molecule has 1 fully saturated rings. The number of alkyl carbamates (subject to hydrolysis) is 1. The van der Waals surface area contributed by atoms with Crippen LogP contribution >= 0.6 is 12.6 Å². The first-order chi connectivity index (χ1) is 16.1. The maximum atomic E-state index is 13.5. The van der Waals surface area contributed by atoms with E-state index in [1.54, 1.807) is 45.0 Å². The van der Waals surface area contributed by atoms with Gasteiger partial charge in [0.15, 0.2) is 0 Å². The third kappa shape index (κ3) is 7.84. The second-order valence-electron chi connectivity index (χ2n) is 9.34. The zero-order chi connectivity index (χ0) is 25.3. The molecule has 2 N–H and O–H groups in total. The second-order valence-corrected chi connectivity index (χ2v) is 9.70. The fourth-order valence-electron chi connectivity index (χ4n) is 3.87.